The molecular weight excluding hydrogens is 284 g/mol. The average molecular weight is 309 g/mol. The average Bonchev–Trinajstić information content (AvgIpc) is 2.87. The minimum absolute atomic E-state index is 0.590. The molecule has 1 aromatic heterocycles. The molecule has 0 saturated carbocycles. The van der Waals surface area contributed by atoms with E-state index in [9.17, 15) is 0 Å². The second kappa shape index (κ2) is 8.01. The van der Waals surface area contributed by atoms with E-state index in [2.05, 4.69) is 50.4 Å². The van der Waals surface area contributed by atoms with Gasteiger partial charge in [0.25, 0.3) is 0 Å². The van der Waals surface area contributed by atoms with E-state index in [4.69, 9.17) is 4.98 Å². The Morgan fingerprint density at radius 3 is 2.70 bits per heavy atom. The van der Waals surface area contributed by atoms with E-state index in [1.165, 1.54) is 28.3 Å². The Labute approximate surface area is 130 Å². The number of hydrogen-bond acceptors (Lipinski definition) is 4. The summed E-state index contributed by atoms with van der Waals surface area (Å²) >= 11 is 3.77. The van der Waals surface area contributed by atoms with Gasteiger partial charge in [-0.1, -0.05) is 51.1 Å². The molecule has 0 aliphatic rings. The highest BCUT2D eigenvalue weighted by Crippen LogP contribution is 2.34. The highest BCUT2D eigenvalue weighted by molar-refractivity contribution is 8.01. The largest absolute Gasteiger partial charge is 0.313 e. The Kier molecular flexibility index (Phi) is 6.33. The molecule has 110 valence electrons. The first-order chi connectivity index (χ1) is 9.78. The van der Waals surface area contributed by atoms with E-state index in [1.54, 1.807) is 0 Å². The van der Waals surface area contributed by atoms with Crippen LogP contribution in [0.5, 0.6) is 0 Å². The predicted octanol–water partition coefficient (Wildman–Crippen LogP) is 4.95. The summed E-state index contributed by atoms with van der Waals surface area (Å²) in [6.45, 7) is 7.78. The molecule has 2 atom stereocenters. The Morgan fingerprint density at radius 1 is 1.25 bits per heavy atom. The lowest BCUT2D eigenvalue weighted by Crippen LogP contribution is -2.37. The lowest BCUT2D eigenvalue weighted by atomic mass is 10.1. The molecule has 2 aromatic rings. The Bertz CT molecular complexity index is 485. The van der Waals surface area contributed by atoms with Gasteiger partial charge in [0.2, 0.25) is 0 Å². The third-order valence-corrected chi connectivity index (χ3v) is 6.07. The standard InChI is InChI=1S/C16H24N2S2/c1-4-9-12(17-6-3)14(5-2)19-16-18-13-10-7-8-11-15(13)20-16/h7-8,10-12,14,17H,4-6,9H2,1-3H3. The fourth-order valence-electron chi connectivity index (χ4n) is 2.47. The second-order valence-corrected chi connectivity index (χ2v) is 7.48. The summed E-state index contributed by atoms with van der Waals surface area (Å²) in [7, 11) is 0. The number of thioether (sulfide) groups is 1. The maximum atomic E-state index is 4.76. The topological polar surface area (TPSA) is 24.9 Å². The van der Waals surface area contributed by atoms with Gasteiger partial charge in [0, 0.05) is 11.3 Å². The Morgan fingerprint density at radius 2 is 2.05 bits per heavy atom. The molecule has 0 spiro atoms. The lowest BCUT2D eigenvalue weighted by molar-refractivity contribution is 0.465. The maximum absolute atomic E-state index is 4.76. The molecule has 0 amide bonds. The second-order valence-electron chi connectivity index (χ2n) is 4.96. The van der Waals surface area contributed by atoms with Gasteiger partial charge in [-0.05, 0) is 31.5 Å². The fraction of sp³-hybridized carbons (Fsp3) is 0.562. The number of fused-ring (bicyclic) bond motifs is 1. The van der Waals surface area contributed by atoms with Crippen molar-refractivity contribution in [3.05, 3.63) is 24.3 Å². The molecule has 0 aliphatic heterocycles. The van der Waals surface area contributed by atoms with Crippen molar-refractivity contribution in [3.63, 3.8) is 0 Å². The van der Waals surface area contributed by atoms with Gasteiger partial charge in [0.05, 0.1) is 10.2 Å². The first kappa shape index (κ1) is 15.8. The summed E-state index contributed by atoms with van der Waals surface area (Å²) in [4.78, 5) is 4.76. The van der Waals surface area contributed by atoms with Gasteiger partial charge in [-0.3, -0.25) is 0 Å². The number of aromatic nitrogens is 1. The molecule has 2 nitrogen and oxygen atoms in total. The molecule has 1 N–H and O–H groups in total. The van der Waals surface area contributed by atoms with Crippen LogP contribution in [-0.4, -0.2) is 22.8 Å². The van der Waals surface area contributed by atoms with Crippen LogP contribution in [-0.2, 0) is 0 Å². The van der Waals surface area contributed by atoms with Crippen molar-refractivity contribution in [2.45, 2.75) is 55.7 Å². The van der Waals surface area contributed by atoms with Crippen molar-refractivity contribution in [3.8, 4) is 0 Å². The van der Waals surface area contributed by atoms with Crippen LogP contribution < -0.4 is 5.32 Å². The van der Waals surface area contributed by atoms with Gasteiger partial charge >= 0.3 is 0 Å². The molecule has 0 saturated heterocycles. The van der Waals surface area contributed by atoms with E-state index >= 15 is 0 Å². The van der Waals surface area contributed by atoms with Crippen LogP contribution in [0.25, 0.3) is 10.2 Å². The summed E-state index contributed by atoms with van der Waals surface area (Å²) < 4.78 is 2.50. The van der Waals surface area contributed by atoms with Crippen LogP contribution in [0.4, 0.5) is 0 Å². The maximum Gasteiger partial charge on any atom is 0.151 e. The monoisotopic (exact) mass is 308 g/mol. The van der Waals surface area contributed by atoms with Crippen molar-refractivity contribution in [2.24, 2.45) is 0 Å². The highest BCUT2D eigenvalue weighted by atomic mass is 32.2. The number of para-hydroxylation sites is 1. The summed E-state index contributed by atoms with van der Waals surface area (Å²) in [5, 5.41) is 4.25. The molecule has 2 unspecified atom stereocenters. The summed E-state index contributed by atoms with van der Waals surface area (Å²) in [5.74, 6) is 0. The highest BCUT2D eigenvalue weighted by Gasteiger charge is 2.21. The first-order valence-corrected chi connectivity index (χ1v) is 9.23. The van der Waals surface area contributed by atoms with E-state index in [1.807, 2.05) is 23.1 Å². The van der Waals surface area contributed by atoms with E-state index in [0.717, 1.165) is 12.1 Å². The van der Waals surface area contributed by atoms with Crippen molar-refractivity contribution >= 4 is 33.3 Å². The lowest BCUT2D eigenvalue weighted by Gasteiger charge is -2.25. The molecule has 0 aliphatic carbocycles. The molecular formula is C16H24N2S2. The first-order valence-electron chi connectivity index (χ1n) is 7.54. The van der Waals surface area contributed by atoms with Gasteiger partial charge in [-0.15, -0.1) is 11.3 Å². The van der Waals surface area contributed by atoms with Gasteiger partial charge in [-0.2, -0.15) is 0 Å². The van der Waals surface area contributed by atoms with E-state index in [-0.39, 0.29) is 0 Å². The summed E-state index contributed by atoms with van der Waals surface area (Å²) in [6.07, 6.45) is 3.65. The van der Waals surface area contributed by atoms with Crippen LogP contribution in [0.3, 0.4) is 0 Å². The summed E-state index contributed by atoms with van der Waals surface area (Å²) in [6, 6.07) is 9.00. The third kappa shape index (κ3) is 3.96. The van der Waals surface area contributed by atoms with Crippen LogP contribution in [0.1, 0.15) is 40.0 Å². The fourth-order valence-corrected chi connectivity index (χ4v) is 4.98. The van der Waals surface area contributed by atoms with Crippen molar-refractivity contribution in [1.29, 1.82) is 0 Å². The number of benzene rings is 1. The van der Waals surface area contributed by atoms with Crippen molar-refractivity contribution in [1.82, 2.24) is 10.3 Å². The zero-order valence-corrected chi connectivity index (χ0v) is 14.2. The molecule has 2 rings (SSSR count). The summed E-state index contributed by atoms with van der Waals surface area (Å²) in [5.41, 5.74) is 1.13. The number of nitrogens with zero attached hydrogens (tertiary/aromatic N) is 1. The molecule has 1 heterocycles. The van der Waals surface area contributed by atoms with Gasteiger partial charge in [-0.25, -0.2) is 4.98 Å². The number of rotatable bonds is 8. The minimum Gasteiger partial charge on any atom is -0.313 e. The van der Waals surface area contributed by atoms with Gasteiger partial charge in [0.1, 0.15) is 0 Å². The van der Waals surface area contributed by atoms with Gasteiger partial charge in [0.15, 0.2) is 4.34 Å². The van der Waals surface area contributed by atoms with Crippen LogP contribution >= 0.6 is 23.1 Å². The predicted molar refractivity (Wildman–Crippen MR) is 91.9 cm³/mol. The molecule has 0 fully saturated rings. The van der Waals surface area contributed by atoms with Crippen molar-refractivity contribution in [2.75, 3.05) is 6.54 Å². The minimum atomic E-state index is 0.590. The number of thiazole rings is 1. The molecule has 4 heteroatoms. The third-order valence-electron chi connectivity index (χ3n) is 3.44. The quantitative estimate of drug-likeness (QED) is 0.699. The number of nitrogens with one attached hydrogen (secondary N) is 1. The Hall–Kier alpha value is -0.580. The van der Waals surface area contributed by atoms with Crippen LogP contribution in [0, 0.1) is 0 Å². The van der Waals surface area contributed by atoms with E-state index in [0.29, 0.717) is 11.3 Å². The Balaban J connectivity index is 2.11. The zero-order chi connectivity index (χ0) is 14.4. The van der Waals surface area contributed by atoms with Crippen molar-refractivity contribution < 1.29 is 0 Å². The van der Waals surface area contributed by atoms with E-state index < -0.39 is 0 Å². The molecule has 0 bridgehead atoms. The normalized spacial score (nSPS) is 14.6. The molecule has 20 heavy (non-hydrogen) atoms. The van der Waals surface area contributed by atoms with Crippen LogP contribution in [0.15, 0.2) is 28.6 Å². The number of hydrogen-bond donors (Lipinski definition) is 1. The smallest absolute Gasteiger partial charge is 0.151 e. The van der Waals surface area contributed by atoms with Crippen LogP contribution in [0.2, 0.25) is 0 Å². The molecule has 0 radical (unpaired) electrons. The van der Waals surface area contributed by atoms with Gasteiger partial charge < -0.3 is 5.32 Å². The molecule has 1 aromatic carbocycles. The SMILES string of the molecule is CCCC(NCC)C(CC)Sc1nc2ccccc2s1. The zero-order valence-electron chi connectivity index (χ0n) is 12.6.